The molecule has 6 heteroatoms. The number of carbonyl (C=O) groups is 3. The van der Waals surface area contributed by atoms with Gasteiger partial charge in [-0.25, -0.2) is 9.59 Å². The van der Waals surface area contributed by atoms with Crippen molar-refractivity contribution in [3.63, 3.8) is 0 Å². The van der Waals surface area contributed by atoms with Crippen molar-refractivity contribution in [2.75, 3.05) is 19.5 Å². The smallest absolute Gasteiger partial charge is 0.339 e. The molecule has 0 saturated carbocycles. The van der Waals surface area contributed by atoms with Crippen molar-refractivity contribution in [1.29, 1.82) is 0 Å². The van der Waals surface area contributed by atoms with Crippen molar-refractivity contribution in [1.82, 2.24) is 0 Å². The monoisotopic (exact) mass is 355 g/mol. The van der Waals surface area contributed by atoms with Crippen molar-refractivity contribution in [3.05, 3.63) is 64.7 Å². The highest BCUT2D eigenvalue weighted by Gasteiger charge is 2.17. The lowest BCUT2D eigenvalue weighted by Crippen LogP contribution is -2.18. The molecule has 0 aromatic heterocycles. The molecule has 136 valence electrons. The second kappa shape index (κ2) is 8.80. The zero-order valence-electron chi connectivity index (χ0n) is 15.0. The first-order chi connectivity index (χ1) is 12.5. The van der Waals surface area contributed by atoms with Gasteiger partial charge in [-0.05, 0) is 35.7 Å². The van der Waals surface area contributed by atoms with E-state index in [0.29, 0.717) is 0 Å². The molecule has 0 spiro atoms. The average molecular weight is 355 g/mol. The molecule has 0 fully saturated rings. The Bertz CT molecular complexity index is 811. The third-order valence-electron chi connectivity index (χ3n) is 3.92. The van der Waals surface area contributed by atoms with Crippen LogP contribution in [0.15, 0.2) is 42.5 Å². The van der Waals surface area contributed by atoms with Crippen LogP contribution in [-0.2, 0) is 27.1 Å². The molecule has 2 aromatic rings. The zero-order valence-corrected chi connectivity index (χ0v) is 15.0. The van der Waals surface area contributed by atoms with E-state index in [2.05, 4.69) is 17.0 Å². The van der Waals surface area contributed by atoms with Crippen LogP contribution in [0.4, 0.5) is 5.69 Å². The third-order valence-corrected chi connectivity index (χ3v) is 3.92. The molecule has 2 aromatic carbocycles. The number of methoxy groups -OCH3 is 2. The highest BCUT2D eigenvalue weighted by Crippen LogP contribution is 2.20. The predicted octanol–water partition coefficient (Wildman–Crippen LogP) is 3.00. The summed E-state index contributed by atoms with van der Waals surface area (Å²) in [5.74, 6) is -1.47. The van der Waals surface area contributed by atoms with Crippen LogP contribution in [-0.4, -0.2) is 32.1 Å². The fourth-order valence-corrected chi connectivity index (χ4v) is 2.45. The first-order valence-corrected chi connectivity index (χ1v) is 8.16. The van der Waals surface area contributed by atoms with Crippen LogP contribution < -0.4 is 5.32 Å². The van der Waals surface area contributed by atoms with Crippen LogP contribution in [0.3, 0.4) is 0 Å². The summed E-state index contributed by atoms with van der Waals surface area (Å²) in [5.41, 5.74) is 2.63. The van der Waals surface area contributed by atoms with E-state index < -0.39 is 11.9 Å². The SMILES string of the molecule is CCc1ccc(CC(=O)Nc2cc(C(=O)OC)ccc2C(=O)OC)cc1. The normalized spacial score (nSPS) is 10.1. The lowest BCUT2D eigenvalue weighted by Gasteiger charge is -2.11. The summed E-state index contributed by atoms with van der Waals surface area (Å²) in [5, 5.41) is 2.67. The molecule has 0 saturated heterocycles. The molecule has 0 bridgehead atoms. The highest BCUT2D eigenvalue weighted by molar-refractivity contribution is 6.03. The highest BCUT2D eigenvalue weighted by atomic mass is 16.5. The minimum absolute atomic E-state index is 0.146. The molecule has 1 N–H and O–H groups in total. The second-order valence-electron chi connectivity index (χ2n) is 5.64. The van der Waals surface area contributed by atoms with Gasteiger partial charge in [0, 0.05) is 0 Å². The van der Waals surface area contributed by atoms with E-state index in [0.717, 1.165) is 12.0 Å². The van der Waals surface area contributed by atoms with Crippen molar-refractivity contribution in [3.8, 4) is 0 Å². The number of ether oxygens (including phenoxy) is 2. The van der Waals surface area contributed by atoms with Crippen LogP contribution in [0.2, 0.25) is 0 Å². The fraction of sp³-hybridized carbons (Fsp3) is 0.250. The van der Waals surface area contributed by atoms with Gasteiger partial charge in [-0.1, -0.05) is 31.2 Å². The first kappa shape index (κ1) is 19.2. The Morgan fingerprint density at radius 3 is 2.08 bits per heavy atom. The van der Waals surface area contributed by atoms with Gasteiger partial charge in [0.25, 0.3) is 0 Å². The maximum absolute atomic E-state index is 12.4. The Morgan fingerprint density at radius 2 is 1.50 bits per heavy atom. The molecule has 26 heavy (non-hydrogen) atoms. The molecule has 1 amide bonds. The number of aryl methyl sites for hydroxylation is 1. The summed E-state index contributed by atoms with van der Waals surface area (Å²) in [6, 6.07) is 12.0. The van der Waals surface area contributed by atoms with Gasteiger partial charge in [-0.3, -0.25) is 4.79 Å². The maximum atomic E-state index is 12.4. The van der Waals surface area contributed by atoms with Gasteiger partial charge < -0.3 is 14.8 Å². The Labute approximate surface area is 152 Å². The van der Waals surface area contributed by atoms with E-state index in [1.54, 1.807) is 0 Å². The van der Waals surface area contributed by atoms with Gasteiger partial charge in [0.05, 0.1) is 37.5 Å². The summed E-state index contributed by atoms with van der Waals surface area (Å²) in [7, 11) is 2.51. The predicted molar refractivity (Wildman–Crippen MR) is 97.3 cm³/mol. The quantitative estimate of drug-likeness (QED) is 0.806. The molecular weight excluding hydrogens is 334 g/mol. The van der Waals surface area contributed by atoms with Gasteiger partial charge in [0.1, 0.15) is 0 Å². The molecule has 0 atom stereocenters. The summed E-state index contributed by atoms with van der Waals surface area (Å²) < 4.78 is 9.40. The van der Waals surface area contributed by atoms with Crippen LogP contribution in [0.5, 0.6) is 0 Å². The van der Waals surface area contributed by atoms with Crippen molar-refractivity contribution < 1.29 is 23.9 Å². The van der Waals surface area contributed by atoms with Gasteiger partial charge >= 0.3 is 11.9 Å². The largest absolute Gasteiger partial charge is 0.465 e. The fourth-order valence-electron chi connectivity index (χ4n) is 2.45. The van der Waals surface area contributed by atoms with Crippen LogP contribution in [0.1, 0.15) is 38.8 Å². The van der Waals surface area contributed by atoms with Gasteiger partial charge in [0.2, 0.25) is 5.91 Å². The van der Waals surface area contributed by atoms with E-state index in [-0.39, 0.29) is 29.1 Å². The Balaban J connectivity index is 2.22. The summed E-state index contributed by atoms with van der Waals surface area (Å²) in [4.78, 5) is 36.0. The number of nitrogens with one attached hydrogen (secondary N) is 1. The van der Waals surface area contributed by atoms with Crippen molar-refractivity contribution >= 4 is 23.5 Å². The topological polar surface area (TPSA) is 81.7 Å². The van der Waals surface area contributed by atoms with E-state index in [4.69, 9.17) is 4.74 Å². The average Bonchev–Trinajstić information content (AvgIpc) is 2.67. The molecule has 0 aliphatic rings. The number of amides is 1. The van der Waals surface area contributed by atoms with Gasteiger partial charge in [0.15, 0.2) is 0 Å². The number of hydrogen-bond acceptors (Lipinski definition) is 5. The minimum atomic E-state index is -0.607. The standard InChI is InChI=1S/C20H21NO5/c1-4-13-5-7-14(8-6-13)11-18(22)21-17-12-15(19(23)25-2)9-10-16(17)20(24)26-3/h5-10,12H,4,11H2,1-3H3,(H,21,22). The van der Waals surface area contributed by atoms with E-state index in [1.165, 1.54) is 38.0 Å². The van der Waals surface area contributed by atoms with E-state index >= 15 is 0 Å². The van der Waals surface area contributed by atoms with Crippen molar-refractivity contribution in [2.24, 2.45) is 0 Å². The maximum Gasteiger partial charge on any atom is 0.339 e. The number of rotatable bonds is 6. The van der Waals surface area contributed by atoms with Crippen LogP contribution in [0.25, 0.3) is 0 Å². The minimum Gasteiger partial charge on any atom is -0.465 e. The van der Waals surface area contributed by atoms with Crippen molar-refractivity contribution in [2.45, 2.75) is 19.8 Å². The Hall–Kier alpha value is -3.15. The summed E-state index contributed by atoms with van der Waals surface area (Å²) in [6.45, 7) is 2.06. The third kappa shape index (κ3) is 4.69. The first-order valence-electron chi connectivity index (χ1n) is 8.16. The van der Waals surface area contributed by atoms with Gasteiger partial charge in [-0.2, -0.15) is 0 Å². The van der Waals surface area contributed by atoms with Crippen LogP contribution in [0, 0.1) is 0 Å². The summed E-state index contributed by atoms with van der Waals surface area (Å²) in [6.07, 6.45) is 1.07. The Morgan fingerprint density at radius 1 is 0.885 bits per heavy atom. The molecule has 0 heterocycles. The molecule has 2 rings (SSSR count). The van der Waals surface area contributed by atoms with E-state index in [1.807, 2.05) is 24.3 Å². The lowest BCUT2D eigenvalue weighted by molar-refractivity contribution is -0.115. The molecule has 0 radical (unpaired) electrons. The van der Waals surface area contributed by atoms with Crippen LogP contribution >= 0.6 is 0 Å². The zero-order chi connectivity index (χ0) is 19.1. The molecule has 0 aliphatic carbocycles. The molecule has 0 aliphatic heterocycles. The van der Waals surface area contributed by atoms with Gasteiger partial charge in [-0.15, -0.1) is 0 Å². The number of esters is 2. The number of benzene rings is 2. The lowest BCUT2D eigenvalue weighted by atomic mass is 10.1. The number of anilines is 1. The summed E-state index contributed by atoms with van der Waals surface area (Å²) >= 11 is 0. The molecular formula is C20H21NO5. The van der Waals surface area contributed by atoms with E-state index in [9.17, 15) is 14.4 Å². The Kier molecular flexibility index (Phi) is 6.49. The number of carbonyl (C=O) groups excluding carboxylic acids is 3. The molecule has 0 unspecified atom stereocenters. The number of hydrogen-bond donors (Lipinski definition) is 1. The second-order valence-corrected chi connectivity index (χ2v) is 5.64. The molecule has 6 nitrogen and oxygen atoms in total.